The van der Waals surface area contributed by atoms with Crippen molar-refractivity contribution in [1.82, 2.24) is 0 Å². The molecular weight excluding hydrogens is 362 g/mol. The quantitative estimate of drug-likeness (QED) is 0.753. The number of anilines is 1. The second-order valence-corrected chi connectivity index (χ2v) is 7.99. The Morgan fingerprint density at radius 3 is 2.88 bits per heavy atom. The molecule has 1 aromatic carbocycles. The fraction of sp³-hybridized carbons (Fsp3) is 0.333. The maximum absolute atomic E-state index is 13.6. The molecule has 0 saturated carbocycles. The molecule has 0 bridgehead atoms. The van der Waals surface area contributed by atoms with Gasteiger partial charge in [-0.25, -0.2) is 8.78 Å². The summed E-state index contributed by atoms with van der Waals surface area (Å²) in [4.78, 5) is 13.7. The molecule has 1 N–H and O–H groups in total. The molecule has 0 saturated heterocycles. The molecule has 0 radical (unpaired) electrons. The van der Waals surface area contributed by atoms with Gasteiger partial charge in [0.15, 0.2) is 0 Å². The monoisotopic (exact) mass is 378 g/mol. The Bertz CT molecular complexity index is 842. The van der Waals surface area contributed by atoms with Crippen molar-refractivity contribution < 1.29 is 13.6 Å². The molecule has 3 nitrogen and oxygen atoms in total. The van der Waals surface area contributed by atoms with Crippen LogP contribution < -0.4 is 5.32 Å². The van der Waals surface area contributed by atoms with Gasteiger partial charge >= 0.3 is 0 Å². The third-order valence-electron chi connectivity index (χ3n) is 4.02. The number of nitrogens with one attached hydrogen (secondary N) is 1. The standard InChI is InChI=1S/C18H16F2N2OS2/c19-11-5-6-16(14(20)9-11)24-8-7-17(23)22-18-13(10-21)12-3-1-2-4-15(12)25-18/h5-6,9H,1-4,7-8H2,(H,22,23). The van der Waals surface area contributed by atoms with Gasteiger partial charge in [0.1, 0.15) is 22.7 Å². The van der Waals surface area contributed by atoms with Gasteiger partial charge in [-0.1, -0.05) is 0 Å². The van der Waals surface area contributed by atoms with E-state index in [1.165, 1.54) is 40.1 Å². The number of halogens is 2. The van der Waals surface area contributed by atoms with Crippen LogP contribution in [-0.4, -0.2) is 11.7 Å². The number of carbonyl (C=O) groups is 1. The van der Waals surface area contributed by atoms with Gasteiger partial charge in [-0.2, -0.15) is 5.26 Å². The van der Waals surface area contributed by atoms with E-state index in [-0.39, 0.29) is 12.3 Å². The number of amides is 1. The normalized spacial score (nSPS) is 13.2. The molecule has 0 spiro atoms. The number of aryl methyl sites for hydroxylation is 1. The van der Waals surface area contributed by atoms with E-state index in [9.17, 15) is 18.8 Å². The van der Waals surface area contributed by atoms with Crippen LogP contribution in [0, 0.1) is 23.0 Å². The van der Waals surface area contributed by atoms with Gasteiger partial charge in [0, 0.05) is 28.0 Å². The average Bonchev–Trinajstić information content (AvgIpc) is 2.93. The number of benzene rings is 1. The van der Waals surface area contributed by atoms with E-state index in [4.69, 9.17) is 0 Å². The molecule has 0 atom stereocenters. The zero-order chi connectivity index (χ0) is 17.8. The first-order chi connectivity index (χ1) is 12.1. The van der Waals surface area contributed by atoms with E-state index >= 15 is 0 Å². The molecule has 7 heteroatoms. The predicted molar refractivity (Wildman–Crippen MR) is 96.0 cm³/mol. The minimum absolute atomic E-state index is 0.189. The number of nitriles is 1. The van der Waals surface area contributed by atoms with Crippen molar-refractivity contribution in [2.75, 3.05) is 11.1 Å². The molecule has 0 fully saturated rings. The summed E-state index contributed by atoms with van der Waals surface area (Å²) in [5, 5.41) is 12.8. The zero-order valence-corrected chi connectivity index (χ0v) is 15.0. The minimum Gasteiger partial charge on any atom is -0.317 e. The molecule has 3 rings (SSSR count). The molecule has 1 amide bonds. The van der Waals surface area contributed by atoms with Crippen LogP contribution in [0.3, 0.4) is 0 Å². The lowest BCUT2D eigenvalue weighted by molar-refractivity contribution is -0.115. The Hall–Kier alpha value is -1.91. The summed E-state index contributed by atoms with van der Waals surface area (Å²) in [6.07, 6.45) is 4.24. The largest absolute Gasteiger partial charge is 0.317 e. The number of rotatable bonds is 5. The maximum atomic E-state index is 13.6. The van der Waals surface area contributed by atoms with Crippen LogP contribution in [0.1, 0.15) is 35.3 Å². The van der Waals surface area contributed by atoms with Crippen molar-refractivity contribution in [2.24, 2.45) is 0 Å². The summed E-state index contributed by atoms with van der Waals surface area (Å²) in [6, 6.07) is 5.60. The molecule has 1 heterocycles. The van der Waals surface area contributed by atoms with E-state index in [0.717, 1.165) is 37.3 Å². The summed E-state index contributed by atoms with van der Waals surface area (Å²) < 4.78 is 26.4. The van der Waals surface area contributed by atoms with Crippen molar-refractivity contribution in [3.63, 3.8) is 0 Å². The van der Waals surface area contributed by atoms with Crippen LogP contribution in [0.2, 0.25) is 0 Å². The highest BCUT2D eigenvalue weighted by molar-refractivity contribution is 7.99. The summed E-state index contributed by atoms with van der Waals surface area (Å²) in [7, 11) is 0. The Balaban J connectivity index is 1.58. The summed E-state index contributed by atoms with van der Waals surface area (Å²) in [6.45, 7) is 0. The van der Waals surface area contributed by atoms with Crippen LogP contribution in [0.4, 0.5) is 13.8 Å². The molecule has 25 heavy (non-hydrogen) atoms. The number of thiophene rings is 1. The first kappa shape index (κ1) is 17.9. The van der Waals surface area contributed by atoms with Gasteiger partial charge < -0.3 is 5.32 Å². The lowest BCUT2D eigenvalue weighted by Gasteiger charge is -2.09. The maximum Gasteiger partial charge on any atom is 0.225 e. The molecule has 0 unspecified atom stereocenters. The highest BCUT2D eigenvalue weighted by Gasteiger charge is 2.21. The molecule has 1 aliphatic rings. The van der Waals surface area contributed by atoms with Gasteiger partial charge in [0.05, 0.1) is 5.56 Å². The van der Waals surface area contributed by atoms with E-state index < -0.39 is 11.6 Å². The third-order valence-corrected chi connectivity index (χ3v) is 6.27. The van der Waals surface area contributed by atoms with Crippen molar-refractivity contribution in [3.05, 3.63) is 45.8 Å². The van der Waals surface area contributed by atoms with Crippen molar-refractivity contribution in [3.8, 4) is 6.07 Å². The average molecular weight is 378 g/mol. The van der Waals surface area contributed by atoms with Gasteiger partial charge in [0.25, 0.3) is 0 Å². The lowest BCUT2D eigenvalue weighted by Crippen LogP contribution is -2.12. The number of hydrogen-bond donors (Lipinski definition) is 1. The molecular formula is C18H16F2N2OS2. The SMILES string of the molecule is N#Cc1c(NC(=O)CCSc2ccc(F)cc2F)sc2c1CCCC2. The molecule has 2 aromatic rings. The van der Waals surface area contributed by atoms with Crippen molar-refractivity contribution >= 4 is 34.0 Å². The van der Waals surface area contributed by atoms with Gasteiger partial charge in [-0.3, -0.25) is 4.79 Å². The minimum atomic E-state index is -0.622. The lowest BCUT2D eigenvalue weighted by atomic mass is 9.96. The van der Waals surface area contributed by atoms with Crippen LogP contribution in [-0.2, 0) is 17.6 Å². The second kappa shape index (κ2) is 7.98. The molecule has 130 valence electrons. The van der Waals surface area contributed by atoms with Gasteiger partial charge in [0.2, 0.25) is 5.91 Å². The number of carbonyl (C=O) groups excluding carboxylic acids is 1. The number of nitrogens with zero attached hydrogens (tertiary/aromatic N) is 1. The number of hydrogen-bond acceptors (Lipinski definition) is 4. The summed E-state index contributed by atoms with van der Waals surface area (Å²) in [5.41, 5.74) is 1.67. The smallest absolute Gasteiger partial charge is 0.225 e. The highest BCUT2D eigenvalue weighted by atomic mass is 32.2. The molecule has 0 aliphatic heterocycles. The van der Waals surface area contributed by atoms with E-state index in [2.05, 4.69) is 11.4 Å². The van der Waals surface area contributed by atoms with Gasteiger partial charge in [-0.05, 0) is 43.4 Å². The zero-order valence-electron chi connectivity index (χ0n) is 13.4. The topological polar surface area (TPSA) is 52.9 Å². The van der Waals surface area contributed by atoms with Crippen LogP contribution in [0.15, 0.2) is 23.1 Å². The fourth-order valence-corrected chi connectivity index (χ4v) is 4.93. The van der Waals surface area contributed by atoms with Crippen molar-refractivity contribution in [1.29, 1.82) is 5.26 Å². The Labute approximate surface area is 153 Å². The Morgan fingerprint density at radius 2 is 2.12 bits per heavy atom. The van der Waals surface area contributed by atoms with E-state index in [1.807, 2.05) is 0 Å². The first-order valence-electron chi connectivity index (χ1n) is 8.01. The van der Waals surface area contributed by atoms with Crippen LogP contribution >= 0.6 is 23.1 Å². The Morgan fingerprint density at radius 1 is 1.32 bits per heavy atom. The fourth-order valence-electron chi connectivity index (χ4n) is 2.81. The summed E-state index contributed by atoms with van der Waals surface area (Å²) >= 11 is 2.65. The molecule has 1 aliphatic carbocycles. The van der Waals surface area contributed by atoms with Gasteiger partial charge in [-0.15, -0.1) is 23.1 Å². The predicted octanol–water partition coefficient (Wildman–Crippen LogP) is 4.90. The second-order valence-electron chi connectivity index (χ2n) is 5.75. The molecule has 1 aromatic heterocycles. The van der Waals surface area contributed by atoms with Crippen molar-refractivity contribution in [2.45, 2.75) is 37.0 Å². The Kier molecular flexibility index (Phi) is 5.71. The van der Waals surface area contributed by atoms with E-state index in [0.29, 0.717) is 21.2 Å². The third kappa shape index (κ3) is 4.20. The van der Waals surface area contributed by atoms with Crippen LogP contribution in [0.25, 0.3) is 0 Å². The number of fused-ring (bicyclic) bond motifs is 1. The summed E-state index contributed by atoms with van der Waals surface area (Å²) in [5.74, 6) is -1.07. The highest BCUT2D eigenvalue weighted by Crippen LogP contribution is 2.37. The van der Waals surface area contributed by atoms with Crippen LogP contribution in [0.5, 0.6) is 0 Å². The number of thioether (sulfide) groups is 1. The van der Waals surface area contributed by atoms with E-state index in [1.54, 1.807) is 0 Å². The first-order valence-corrected chi connectivity index (χ1v) is 9.81.